The normalized spacial score (nSPS) is 12.4. The van der Waals surface area contributed by atoms with Crippen LogP contribution in [0.4, 0.5) is 0 Å². The van der Waals surface area contributed by atoms with Gasteiger partial charge >= 0.3 is 0 Å². The van der Waals surface area contributed by atoms with Crippen LogP contribution in [0.2, 0.25) is 0 Å². The number of hydrogen-bond donors (Lipinski definition) is 3. The van der Waals surface area contributed by atoms with Crippen molar-refractivity contribution >= 4 is 0 Å². The minimum atomic E-state index is 0.152. The zero-order valence-corrected chi connectivity index (χ0v) is 10.4. The van der Waals surface area contributed by atoms with Gasteiger partial charge in [0.1, 0.15) is 0 Å². The van der Waals surface area contributed by atoms with Gasteiger partial charge < -0.3 is 20.3 Å². The molecule has 0 saturated heterocycles. The van der Waals surface area contributed by atoms with E-state index in [-0.39, 0.29) is 12.4 Å². The van der Waals surface area contributed by atoms with Gasteiger partial charge in [0.25, 0.3) is 0 Å². The van der Waals surface area contributed by atoms with E-state index in [0.717, 1.165) is 18.4 Å². The third-order valence-corrected chi connectivity index (χ3v) is 2.81. The second-order valence-electron chi connectivity index (χ2n) is 4.00. The molecule has 0 heterocycles. The molecule has 0 radical (unpaired) electrons. The molecule has 4 heteroatoms. The second-order valence-corrected chi connectivity index (χ2v) is 4.00. The first-order valence-electron chi connectivity index (χ1n) is 5.91. The van der Waals surface area contributed by atoms with Crippen molar-refractivity contribution in [3.8, 4) is 11.5 Å². The largest absolute Gasteiger partial charge is 0.504 e. The van der Waals surface area contributed by atoms with Gasteiger partial charge in [-0.05, 0) is 30.5 Å². The molecule has 1 unspecified atom stereocenters. The maximum Gasteiger partial charge on any atom is 0.160 e. The van der Waals surface area contributed by atoms with E-state index >= 15 is 0 Å². The highest BCUT2D eigenvalue weighted by atomic mass is 16.5. The van der Waals surface area contributed by atoms with E-state index in [4.69, 9.17) is 9.84 Å². The maximum absolute atomic E-state index is 9.46. The number of methoxy groups -OCH3 is 1. The molecule has 1 aromatic rings. The lowest BCUT2D eigenvalue weighted by molar-refractivity contribution is 0.262. The Morgan fingerprint density at radius 2 is 2.18 bits per heavy atom. The molecule has 3 N–H and O–H groups in total. The summed E-state index contributed by atoms with van der Waals surface area (Å²) < 4.78 is 5.05. The summed E-state index contributed by atoms with van der Waals surface area (Å²) in [6, 6.07) is 5.62. The number of rotatable bonds is 7. The van der Waals surface area contributed by atoms with Gasteiger partial charge in [-0.3, -0.25) is 0 Å². The van der Waals surface area contributed by atoms with Crippen LogP contribution in [0, 0.1) is 0 Å². The van der Waals surface area contributed by atoms with Crippen LogP contribution in [0.25, 0.3) is 0 Å². The third kappa shape index (κ3) is 4.24. The molecule has 1 aromatic carbocycles. The van der Waals surface area contributed by atoms with Gasteiger partial charge in [-0.15, -0.1) is 0 Å². The first kappa shape index (κ1) is 13.8. The van der Waals surface area contributed by atoms with Crippen molar-refractivity contribution in [3.63, 3.8) is 0 Å². The van der Waals surface area contributed by atoms with Crippen molar-refractivity contribution in [2.24, 2.45) is 0 Å². The molecule has 0 bridgehead atoms. The van der Waals surface area contributed by atoms with Crippen LogP contribution in [-0.4, -0.2) is 30.0 Å². The van der Waals surface area contributed by atoms with Crippen molar-refractivity contribution < 1.29 is 14.9 Å². The number of nitrogens with one attached hydrogen (secondary N) is 1. The Morgan fingerprint density at radius 1 is 1.41 bits per heavy atom. The van der Waals surface area contributed by atoms with Crippen molar-refractivity contribution in [2.75, 3.05) is 13.7 Å². The number of phenols is 1. The summed E-state index contributed by atoms with van der Waals surface area (Å²) in [6.07, 6.45) is 1.74. The van der Waals surface area contributed by atoms with Gasteiger partial charge in [0.2, 0.25) is 0 Å². The molecule has 4 nitrogen and oxygen atoms in total. The molecule has 96 valence electrons. The molecule has 0 amide bonds. The average molecular weight is 239 g/mol. The summed E-state index contributed by atoms with van der Waals surface area (Å²) >= 11 is 0. The summed E-state index contributed by atoms with van der Waals surface area (Å²) in [5, 5.41) is 21.7. The van der Waals surface area contributed by atoms with Crippen LogP contribution in [0.3, 0.4) is 0 Å². The minimum Gasteiger partial charge on any atom is -0.504 e. The maximum atomic E-state index is 9.46. The number of benzene rings is 1. The highest BCUT2D eigenvalue weighted by molar-refractivity contribution is 5.41. The lowest BCUT2D eigenvalue weighted by Crippen LogP contribution is -2.28. The summed E-state index contributed by atoms with van der Waals surface area (Å²) in [5.74, 6) is 0.637. The third-order valence-electron chi connectivity index (χ3n) is 2.81. The summed E-state index contributed by atoms with van der Waals surface area (Å²) in [6.45, 7) is 2.99. The molecule has 17 heavy (non-hydrogen) atoms. The van der Waals surface area contributed by atoms with Gasteiger partial charge in [-0.25, -0.2) is 0 Å². The van der Waals surface area contributed by atoms with E-state index in [9.17, 15) is 5.11 Å². The highest BCUT2D eigenvalue weighted by Gasteiger charge is 2.06. The molecule has 0 spiro atoms. The second kappa shape index (κ2) is 7.14. The molecule has 0 aromatic heterocycles. The van der Waals surface area contributed by atoms with Crippen molar-refractivity contribution in [3.05, 3.63) is 23.8 Å². The molecular weight excluding hydrogens is 218 g/mol. The van der Waals surface area contributed by atoms with Crippen molar-refractivity contribution in [1.82, 2.24) is 5.32 Å². The molecular formula is C13H21NO3. The molecule has 0 saturated carbocycles. The fourth-order valence-corrected chi connectivity index (χ4v) is 1.70. The monoisotopic (exact) mass is 239 g/mol. The predicted molar refractivity (Wildman–Crippen MR) is 67.3 cm³/mol. The SMILES string of the molecule is CCC(CCO)NCc1ccc(O)c(OC)c1. The van der Waals surface area contributed by atoms with Crippen molar-refractivity contribution in [1.29, 1.82) is 0 Å². The Bertz CT molecular complexity index is 341. The fraction of sp³-hybridized carbons (Fsp3) is 0.538. The predicted octanol–water partition coefficient (Wildman–Crippen LogP) is 1.65. The minimum absolute atomic E-state index is 0.152. The van der Waals surface area contributed by atoms with E-state index in [1.165, 1.54) is 7.11 Å². The van der Waals surface area contributed by atoms with Crippen LogP contribution in [0.1, 0.15) is 25.3 Å². The van der Waals surface area contributed by atoms with Gasteiger partial charge in [0, 0.05) is 19.2 Å². The Balaban J connectivity index is 2.56. The van der Waals surface area contributed by atoms with Crippen molar-refractivity contribution in [2.45, 2.75) is 32.4 Å². The lowest BCUT2D eigenvalue weighted by atomic mass is 10.1. The molecule has 1 rings (SSSR count). The summed E-state index contributed by atoms with van der Waals surface area (Å²) in [5.41, 5.74) is 1.05. The zero-order chi connectivity index (χ0) is 12.7. The lowest BCUT2D eigenvalue weighted by Gasteiger charge is -2.16. The van der Waals surface area contributed by atoms with Crippen LogP contribution in [0.5, 0.6) is 11.5 Å². The van der Waals surface area contributed by atoms with Gasteiger partial charge in [0.15, 0.2) is 11.5 Å². The first-order valence-corrected chi connectivity index (χ1v) is 5.91. The molecule has 1 atom stereocenters. The van der Waals surface area contributed by atoms with E-state index in [0.29, 0.717) is 18.3 Å². The van der Waals surface area contributed by atoms with E-state index in [2.05, 4.69) is 12.2 Å². The summed E-state index contributed by atoms with van der Waals surface area (Å²) in [7, 11) is 1.53. The molecule has 0 aliphatic heterocycles. The zero-order valence-electron chi connectivity index (χ0n) is 10.4. The molecule has 0 fully saturated rings. The fourth-order valence-electron chi connectivity index (χ4n) is 1.70. The van der Waals surface area contributed by atoms with E-state index in [1.807, 2.05) is 12.1 Å². The number of hydrogen-bond acceptors (Lipinski definition) is 4. The Hall–Kier alpha value is -1.26. The van der Waals surface area contributed by atoms with Crippen LogP contribution in [0.15, 0.2) is 18.2 Å². The van der Waals surface area contributed by atoms with Crippen LogP contribution < -0.4 is 10.1 Å². The average Bonchev–Trinajstić information content (AvgIpc) is 2.36. The quantitative estimate of drug-likeness (QED) is 0.677. The molecule has 0 aliphatic carbocycles. The smallest absolute Gasteiger partial charge is 0.160 e. The first-order chi connectivity index (χ1) is 8.21. The number of phenolic OH excluding ortho intramolecular Hbond substituents is 1. The van der Waals surface area contributed by atoms with Gasteiger partial charge in [-0.1, -0.05) is 13.0 Å². The van der Waals surface area contributed by atoms with Gasteiger partial charge in [-0.2, -0.15) is 0 Å². The number of aliphatic hydroxyl groups is 1. The van der Waals surface area contributed by atoms with E-state index < -0.39 is 0 Å². The number of aliphatic hydroxyl groups excluding tert-OH is 1. The van der Waals surface area contributed by atoms with Gasteiger partial charge in [0.05, 0.1) is 7.11 Å². The Labute approximate surface area is 102 Å². The Morgan fingerprint density at radius 3 is 2.76 bits per heavy atom. The summed E-state index contributed by atoms with van der Waals surface area (Å²) in [4.78, 5) is 0. The Kier molecular flexibility index (Phi) is 5.80. The topological polar surface area (TPSA) is 61.7 Å². The van der Waals surface area contributed by atoms with E-state index in [1.54, 1.807) is 6.07 Å². The standard InChI is InChI=1S/C13H21NO3/c1-3-11(6-7-15)14-9-10-4-5-12(16)13(8-10)17-2/h4-5,8,11,14-16H,3,6-7,9H2,1-2H3. The molecule has 0 aliphatic rings. The highest BCUT2D eigenvalue weighted by Crippen LogP contribution is 2.26. The number of ether oxygens (including phenoxy) is 1. The number of aromatic hydroxyl groups is 1. The van der Waals surface area contributed by atoms with Crippen LogP contribution >= 0.6 is 0 Å². The van der Waals surface area contributed by atoms with Crippen LogP contribution in [-0.2, 0) is 6.54 Å².